The van der Waals surface area contributed by atoms with Gasteiger partial charge in [-0.25, -0.2) is 9.18 Å². The van der Waals surface area contributed by atoms with E-state index in [1.54, 1.807) is 18.2 Å². The Kier molecular flexibility index (Phi) is 4.53. The van der Waals surface area contributed by atoms with Crippen LogP contribution in [0.1, 0.15) is 12.0 Å². The molecule has 2 heterocycles. The summed E-state index contributed by atoms with van der Waals surface area (Å²) in [5.74, 6) is 0.784. The Labute approximate surface area is 155 Å². The molecule has 0 radical (unpaired) electrons. The number of hydrogen-bond donors (Lipinski definition) is 2. The van der Waals surface area contributed by atoms with Gasteiger partial charge in [-0.3, -0.25) is 4.79 Å². The average Bonchev–Trinajstić information content (AvgIpc) is 3.25. The molecule has 0 spiro atoms. The molecule has 27 heavy (non-hydrogen) atoms. The van der Waals surface area contributed by atoms with Crippen molar-refractivity contribution in [1.29, 1.82) is 0 Å². The van der Waals surface area contributed by atoms with Crippen LogP contribution in [-0.4, -0.2) is 31.3 Å². The van der Waals surface area contributed by atoms with E-state index in [4.69, 9.17) is 9.47 Å². The number of hydrogen-bond acceptors (Lipinski definition) is 4. The number of urea groups is 1. The molecule has 7 nitrogen and oxygen atoms in total. The third-order valence-electron chi connectivity index (χ3n) is 4.47. The fraction of sp³-hybridized carbons (Fsp3) is 0.263. The Morgan fingerprint density at radius 2 is 2.04 bits per heavy atom. The van der Waals surface area contributed by atoms with Crippen LogP contribution in [0.5, 0.6) is 11.5 Å². The number of carbonyl (C=O) groups is 2. The molecule has 2 aliphatic rings. The number of rotatable bonds is 4. The van der Waals surface area contributed by atoms with Crippen LogP contribution >= 0.6 is 0 Å². The molecule has 0 bridgehead atoms. The summed E-state index contributed by atoms with van der Waals surface area (Å²) in [6.07, 6.45) is 0.175. The van der Waals surface area contributed by atoms with Gasteiger partial charge >= 0.3 is 6.03 Å². The monoisotopic (exact) mass is 371 g/mol. The molecule has 3 amide bonds. The van der Waals surface area contributed by atoms with Crippen LogP contribution < -0.4 is 25.0 Å². The highest BCUT2D eigenvalue weighted by Gasteiger charge is 2.31. The quantitative estimate of drug-likeness (QED) is 0.863. The minimum absolute atomic E-state index is 0.151. The maximum atomic E-state index is 13.4. The molecule has 1 fully saturated rings. The lowest BCUT2D eigenvalue weighted by Crippen LogP contribution is -2.43. The number of anilines is 1. The first-order valence-corrected chi connectivity index (χ1v) is 8.57. The molecule has 0 saturated carbocycles. The molecule has 8 heteroatoms. The van der Waals surface area contributed by atoms with Crippen LogP contribution in [0.4, 0.5) is 14.9 Å². The summed E-state index contributed by atoms with van der Waals surface area (Å²) in [6.45, 7) is 0.820. The summed E-state index contributed by atoms with van der Waals surface area (Å²) >= 11 is 0. The highest BCUT2D eigenvalue weighted by molar-refractivity contribution is 5.96. The Morgan fingerprint density at radius 1 is 1.19 bits per heavy atom. The number of benzene rings is 2. The van der Waals surface area contributed by atoms with Gasteiger partial charge in [-0.1, -0.05) is 12.1 Å². The van der Waals surface area contributed by atoms with E-state index in [-0.39, 0.29) is 31.2 Å². The number of fused-ring (bicyclic) bond motifs is 1. The van der Waals surface area contributed by atoms with Gasteiger partial charge in [0.15, 0.2) is 11.5 Å². The zero-order valence-electron chi connectivity index (χ0n) is 14.4. The Balaban J connectivity index is 1.30. The molecule has 0 aliphatic carbocycles. The summed E-state index contributed by atoms with van der Waals surface area (Å²) in [5.41, 5.74) is 1.36. The second-order valence-electron chi connectivity index (χ2n) is 6.40. The lowest BCUT2D eigenvalue weighted by atomic mass is 10.2. The fourth-order valence-corrected chi connectivity index (χ4v) is 3.17. The Hall–Kier alpha value is -3.29. The maximum absolute atomic E-state index is 13.4. The van der Waals surface area contributed by atoms with Crippen molar-refractivity contribution in [2.75, 3.05) is 18.2 Å². The summed E-state index contributed by atoms with van der Waals surface area (Å²) in [7, 11) is 0. The first kappa shape index (κ1) is 17.1. The summed E-state index contributed by atoms with van der Waals surface area (Å²) in [4.78, 5) is 25.8. The molecule has 2 aliphatic heterocycles. The highest BCUT2D eigenvalue weighted by Crippen LogP contribution is 2.32. The van der Waals surface area contributed by atoms with Gasteiger partial charge in [0.05, 0.1) is 6.04 Å². The molecular weight excluding hydrogens is 353 g/mol. The van der Waals surface area contributed by atoms with Crippen molar-refractivity contribution in [3.8, 4) is 11.5 Å². The van der Waals surface area contributed by atoms with Crippen LogP contribution in [0, 0.1) is 5.82 Å². The standard InChI is InChI=1S/C19H18FN3O4/c20-13-2-1-3-15(7-13)23-10-14(8-18(23)24)22-19(25)21-9-12-4-5-16-17(6-12)27-11-26-16/h1-7,14H,8-11H2,(H2,21,22,25)/t14-/m1/s1. The van der Waals surface area contributed by atoms with Gasteiger partial charge in [0.1, 0.15) is 5.82 Å². The first-order valence-electron chi connectivity index (χ1n) is 8.57. The zero-order valence-corrected chi connectivity index (χ0v) is 14.4. The Bertz CT molecular complexity index is 889. The van der Waals surface area contributed by atoms with E-state index in [0.717, 1.165) is 5.56 Å². The molecule has 2 N–H and O–H groups in total. The molecule has 1 saturated heterocycles. The normalized spacial score (nSPS) is 17.9. The SMILES string of the molecule is O=C(NCc1ccc2c(c1)OCO2)N[C@@H]1CC(=O)N(c2cccc(F)c2)C1. The number of nitrogens with zero attached hydrogens (tertiary/aromatic N) is 1. The molecule has 2 aromatic rings. The van der Waals surface area contributed by atoms with Crippen LogP contribution in [0.3, 0.4) is 0 Å². The number of ether oxygens (including phenoxy) is 2. The zero-order chi connectivity index (χ0) is 18.8. The van der Waals surface area contributed by atoms with E-state index in [0.29, 0.717) is 30.3 Å². The van der Waals surface area contributed by atoms with Gasteiger partial charge < -0.3 is 25.0 Å². The van der Waals surface area contributed by atoms with Gasteiger partial charge in [-0.2, -0.15) is 0 Å². The van der Waals surface area contributed by atoms with Crippen LogP contribution in [0.25, 0.3) is 0 Å². The smallest absolute Gasteiger partial charge is 0.315 e. The summed E-state index contributed by atoms with van der Waals surface area (Å²) in [5, 5.41) is 5.54. The van der Waals surface area contributed by atoms with Gasteiger partial charge in [-0.15, -0.1) is 0 Å². The second-order valence-corrected chi connectivity index (χ2v) is 6.40. The van der Waals surface area contributed by atoms with Gasteiger partial charge in [-0.05, 0) is 35.9 Å². The van der Waals surface area contributed by atoms with Crippen molar-refractivity contribution in [2.24, 2.45) is 0 Å². The fourth-order valence-electron chi connectivity index (χ4n) is 3.17. The van der Waals surface area contributed by atoms with Gasteiger partial charge in [0.25, 0.3) is 0 Å². The third-order valence-corrected chi connectivity index (χ3v) is 4.47. The lowest BCUT2D eigenvalue weighted by Gasteiger charge is -2.17. The predicted octanol–water partition coefficient (Wildman–Crippen LogP) is 2.16. The number of amides is 3. The van der Waals surface area contributed by atoms with Crippen molar-refractivity contribution in [2.45, 2.75) is 19.0 Å². The van der Waals surface area contributed by atoms with E-state index < -0.39 is 5.82 Å². The van der Waals surface area contributed by atoms with Crippen molar-refractivity contribution < 1.29 is 23.5 Å². The molecule has 0 aromatic heterocycles. The molecular formula is C19H18FN3O4. The second kappa shape index (κ2) is 7.14. The summed E-state index contributed by atoms with van der Waals surface area (Å²) < 4.78 is 23.9. The predicted molar refractivity (Wildman–Crippen MR) is 95.1 cm³/mol. The molecule has 4 rings (SSSR count). The first-order chi connectivity index (χ1) is 13.1. The highest BCUT2D eigenvalue weighted by atomic mass is 19.1. The van der Waals surface area contributed by atoms with E-state index in [2.05, 4.69) is 10.6 Å². The number of carbonyl (C=O) groups excluding carboxylic acids is 2. The van der Waals surface area contributed by atoms with Crippen LogP contribution in [-0.2, 0) is 11.3 Å². The number of halogens is 1. The molecule has 2 aromatic carbocycles. The third kappa shape index (κ3) is 3.79. The minimum Gasteiger partial charge on any atom is -0.454 e. The average molecular weight is 371 g/mol. The molecule has 140 valence electrons. The van der Waals surface area contributed by atoms with E-state index in [9.17, 15) is 14.0 Å². The summed E-state index contributed by atoms with van der Waals surface area (Å²) in [6, 6.07) is 10.6. The topological polar surface area (TPSA) is 79.9 Å². The van der Waals surface area contributed by atoms with Crippen molar-refractivity contribution >= 4 is 17.6 Å². The van der Waals surface area contributed by atoms with E-state index in [1.807, 2.05) is 12.1 Å². The molecule has 1 atom stereocenters. The van der Waals surface area contributed by atoms with Crippen molar-refractivity contribution in [3.05, 3.63) is 53.8 Å². The van der Waals surface area contributed by atoms with E-state index >= 15 is 0 Å². The van der Waals surface area contributed by atoms with Crippen molar-refractivity contribution in [3.63, 3.8) is 0 Å². The number of nitrogens with one attached hydrogen (secondary N) is 2. The molecule has 0 unspecified atom stereocenters. The lowest BCUT2D eigenvalue weighted by molar-refractivity contribution is -0.117. The minimum atomic E-state index is -0.404. The van der Waals surface area contributed by atoms with Gasteiger partial charge in [0.2, 0.25) is 12.7 Å². The van der Waals surface area contributed by atoms with Gasteiger partial charge in [0, 0.05) is 25.2 Å². The van der Waals surface area contributed by atoms with Crippen molar-refractivity contribution in [1.82, 2.24) is 10.6 Å². The largest absolute Gasteiger partial charge is 0.454 e. The van der Waals surface area contributed by atoms with E-state index in [1.165, 1.54) is 17.0 Å². The maximum Gasteiger partial charge on any atom is 0.315 e. The van der Waals surface area contributed by atoms with Crippen LogP contribution in [0.15, 0.2) is 42.5 Å². The Morgan fingerprint density at radius 3 is 2.89 bits per heavy atom. The van der Waals surface area contributed by atoms with Crippen LogP contribution in [0.2, 0.25) is 0 Å².